The number of anilines is 1. The first kappa shape index (κ1) is 21.4. The van der Waals surface area contributed by atoms with Crippen LogP contribution in [0.3, 0.4) is 0 Å². The Morgan fingerprint density at radius 1 is 1.14 bits per heavy atom. The molecule has 0 bridgehead atoms. The van der Waals surface area contributed by atoms with Gasteiger partial charge in [0.05, 0.1) is 12.7 Å². The van der Waals surface area contributed by atoms with E-state index < -0.39 is 24.7 Å². The van der Waals surface area contributed by atoms with Gasteiger partial charge in [0, 0.05) is 5.69 Å². The van der Waals surface area contributed by atoms with Gasteiger partial charge < -0.3 is 10.6 Å². The van der Waals surface area contributed by atoms with Crippen molar-refractivity contribution in [1.29, 1.82) is 0 Å². The third-order valence-electron chi connectivity index (χ3n) is 4.04. The molecule has 2 N–H and O–H groups in total. The van der Waals surface area contributed by atoms with Crippen molar-refractivity contribution >= 4 is 17.5 Å². The number of nitrogens with zero attached hydrogens (tertiary/aromatic N) is 3. The molecule has 2 amide bonds. The predicted molar refractivity (Wildman–Crippen MR) is 96.4 cm³/mol. The maximum absolute atomic E-state index is 12.4. The predicted octanol–water partition coefficient (Wildman–Crippen LogP) is 2.95. The van der Waals surface area contributed by atoms with Crippen LogP contribution in [0.25, 0.3) is 0 Å². The second kappa shape index (κ2) is 7.99. The van der Waals surface area contributed by atoms with Crippen molar-refractivity contribution in [2.75, 3.05) is 5.32 Å². The fraction of sp³-hybridized carbons (Fsp3) is 0.444. The molecule has 1 atom stereocenters. The minimum atomic E-state index is -4.97. The number of carbonyl (C=O) groups excluding carboxylic acids is 2. The van der Waals surface area contributed by atoms with Crippen LogP contribution in [0.4, 0.5) is 18.9 Å². The Morgan fingerprint density at radius 3 is 2.29 bits per heavy atom. The van der Waals surface area contributed by atoms with Gasteiger partial charge >= 0.3 is 12.1 Å². The summed E-state index contributed by atoms with van der Waals surface area (Å²) in [6.45, 7) is 7.39. The van der Waals surface area contributed by atoms with Crippen molar-refractivity contribution in [1.82, 2.24) is 20.3 Å². The van der Waals surface area contributed by atoms with E-state index in [1.807, 2.05) is 12.1 Å². The topological polar surface area (TPSA) is 88.9 Å². The third-order valence-corrected chi connectivity index (χ3v) is 4.04. The Morgan fingerprint density at radius 2 is 1.75 bits per heavy atom. The van der Waals surface area contributed by atoms with Gasteiger partial charge in [-0.3, -0.25) is 9.59 Å². The van der Waals surface area contributed by atoms with Gasteiger partial charge in [0.25, 0.3) is 0 Å². The van der Waals surface area contributed by atoms with Crippen molar-refractivity contribution < 1.29 is 22.8 Å². The Kier molecular flexibility index (Phi) is 6.10. The highest BCUT2D eigenvalue weighted by molar-refractivity contribution is 5.93. The fourth-order valence-corrected chi connectivity index (χ4v) is 2.28. The molecule has 1 aromatic heterocycles. The quantitative estimate of drug-likeness (QED) is 0.812. The van der Waals surface area contributed by atoms with Gasteiger partial charge in [-0.15, -0.1) is 5.10 Å². The summed E-state index contributed by atoms with van der Waals surface area (Å²) in [6, 6.07) is 6.70. The van der Waals surface area contributed by atoms with Crippen molar-refractivity contribution in [3.8, 4) is 0 Å². The lowest BCUT2D eigenvalue weighted by molar-refractivity contribution is -0.173. The lowest BCUT2D eigenvalue weighted by Gasteiger charge is -2.19. The van der Waals surface area contributed by atoms with Gasteiger partial charge in [-0.2, -0.15) is 13.2 Å². The monoisotopic (exact) mass is 397 g/mol. The van der Waals surface area contributed by atoms with E-state index in [1.54, 1.807) is 24.4 Å². The van der Waals surface area contributed by atoms with Crippen LogP contribution in [0, 0.1) is 0 Å². The zero-order valence-electron chi connectivity index (χ0n) is 16.0. The second-order valence-corrected chi connectivity index (χ2v) is 7.36. The highest BCUT2D eigenvalue weighted by Gasteiger charge is 2.38. The first-order chi connectivity index (χ1) is 12.9. The molecule has 0 saturated heterocycles. The minimum Gasteiger partial charge on any atom is -0.342 e. The number of rotatable bonds is 5. The van der Waals surface area contributed by atoms with E-state index in [2.05, 4.69) is 36.4 Å². The molecule has 2 rings (SSSR count). The molecule has 0 spiro atoms. The van der Waals surface area contributed by atoms with Gasteiger partial charge in [0.1, 0.15) is 11.7 Å². The van der Waals surface area contributed by atoms with Crippen LogP contribution in [0.5, 0.6) is 0 Å². The number of hydrogen-bond acceptors (Lipinski definition) is 4. The largest absolute Gasteiger partial charge is 0.471 e. The Hall–Kier alpha value is -2.91. The van der Waals surface area contributed by atoms with E-state index in [9.17, 15) is 22.8 Å². The highest BCUT2D eigenvalue weighted by atomic mass is 19.4. The van der Waals surface area contributed by atoms with E-state index in [4.69, 9.17) is 0 Å². The number of benzene rings is 1. The Balaban J connectivity index is 1.96. The molecule has 28 heavy (non-hydrogen) atoms. The molecule has 1 aromatic carbocycles. The number of halogens is 3. The Bertz CT molecular complexity index is 838. The molecule has 2 aromatic rings. The number of alkyl halides is 3. The van der Waals surface area contributed by atoms with Crippen molar-refractivity contribution in [2.45, 2.75) is 51.9 Å². The SMILES string of the molecule is CC(C(=O)Nc1ccc(C(C)(C)C)cc1)n1cc(CNC(=O)C(F)(F)F)nn1. The molecule has 0 aliphatic heterocycles. The molecule has 10 heteroatoms. The lowest BCUT2D eigenvalue weighted by atomic mass is 9.87. The number of amides is 2. The van der Waals surface area contributed by atoms with Crippen LogP contribution >= 0.6 is 0 Å². The minimum absolute atomic E-state index is 0.00546. The number of aromatic nitrogens is 3. The van der Waals surface area contributed by atoms with E-state index >= 15 is 0 Å². The summed E-state index contributed by atoms with van der Waals surface area (Å²) in [4.78, 5) is 23.2. The lowest BCUT2D eigenvalue weighted by Crippen LogP contribution is -2.36. The van der Waals surface area contributed by atoms with Crippen LogP contribution in [-0.2, 0) is 21.5 Å². The molecule has 1 unspecified atom stereocenters. The Labute approximate surface area is 160 Å². The summed E-state index contributed by atoms with van der Waals surface area (Å²) in [7, 11) is 0. The third kappa shape index (κ3) is 5.54. The first-order valence-corrected chi connectivity index (χ1v) is 8.55. The zero-order chi connectivity index (χ0) is 21.1. The van der Waals surface area contributed by atoms with Crippen LogP contribution in [0.15, 0.2) is 30.5 Å². The molecule has 0 aliphatic carbocycles. The summed E-state index contributed by atoms with van der Waals surface area (Å²) in [6.07, 6.45) is -3.66. The summed E-state index contributed by atoms with van der Waals surface area (Å²) in [5.74, 6) is -2.43. The summed E-state index contributed by atoms with van der Waals surface area (Å²) >= 11 is 0. The highest BCUT2D eigenvalue weighted by Crippen LogP contribution is 2.23. The maximum Gasteiger partial charge on any atom is 0.471 e. The average Bonchev–Trinajstić information content (AvgIpc) is 3.06. The molecule has 0 radical (unpaired) electrons. The van der Waals surface area contributed by atoms with Gasteiger partial charge in [-0.25, -0.2) is 4.68 Å². The maximum atomic E-state index is 12.4. The normalized spacial score (nSPS) is 13.1. The molecular formula is C18H22F3N5O2. The van der Waals surface area contributed by atoms with Crippen molar-refractivity contribution in [2.24, 2.45) is 0 Å². The molecule has 0 fully saturated rings. The molecule has 1 heterocycles. The van der Waals surface area contributed by atoms with Gasteiger partial charge in [-0.05, 0) is 30.0 Å². The zero-order valence-corrected chi connectivity index (χ0v) is 16.0. The average molecular weight is 397 g/mol. The first-order valence-electron chi connectivity index (χ1n) is 8.55. The fourth-order valence-electron chi connectivity index (χ4n) is 2.28. The number of carbonyl (C=O) groups is 2. The number of hydrogen-bond donors (Lipinski definition) is 2. The van der Waals surface area contributed by atoms with Crippen LogP contribution in [-0.4, -0.2) is 33.0 Å². The van der Waals surface area contributed by atoms with Crippen LogP contribution < -0.4 is 10.6 Å². The molecule has 0 saturated carbocycles. The standard InChI is InChI=1S/C18H22F3N5O2/c1-11(15(27)23-13-7-5-12(6-8-13)17(2,3)4)26-10-14(24-25-26)9-22-16(28)18(19,20)21/h5-8,10-11H,9H2,1-4H3,(H,22,28)(H,23,27). The molecule has 0 aliphatic rings. The van der Waals surface area contributed by atoms with E-state index in [0.29, 0.717) is 5.69 Å². The molecular weight excluding hydrogens is 375 g/mol. The van der Waals surface area contributed by atoms with Gasteiger partial charge in [0.2, 0.25) is 5.91 Å². The summed E-state index contributed by atoms with van der Waals surface area (Å²) in [5, 5.41) is 11.9. The number of nitrogens with one attached hydrogen (secondary N) is 2. The summed E-state index contributed by atoms with van der Waals surface area (Å²) < 4.78 is 37.8. The summed E-state index contributed by atoms with van der Waals surface area (Å²) in [5.41, 5.74) is 1.84. The van der Waals surface area contributed by atoms with Gasteiger partial charge in [0.15, 0.2) is 0 Å². The van der Waals surface area contributed by atoms with Crippen LogP contribution in [0.1, 0.15) is 45.0 Å². The van der Waals surface area contributed by atoms with E-state index in [1.165, 1.54) is 10.9 Å². The van der Waals surface area contributed by atoms with E-state index in [-0.39, 0.29) is 17.0 Å². The van der Waals surface area contributed by atoms with Crippen molar-refractivity contribution in [3.63, 3.8) is 0 Å². The molecule has 152 valence electrons. The smallest absolute Gasteiger partial charge is 0.342 e. The van der Waals surface area contributed by atoms with E-state index in [0.717, 1.165) is 5.56 Å². The second-order valence-electron chi connectivity index (χ2n) is 7.36. The van der Waals surface area contributed by atoms with Crippen molar-refractivity contribution in [3.05, 3.63) is 41.7 Å². The van der Waals surface area contributed by atoms with Gasteiger partial charge in [-0.1, -0.05) is 38.1 Å². The van der Waals surface area contributed by atoms with Crippen LogP contribution in [0.2, 0.25) is 0 Å². The molecule has 7 nitrogen and oxygen atoms in total.